The molecular formula is C49H34N2O. The second-order valence-corrected chi connectivity index (χ2v) is 14.2. The first kappa shape index (κ1) is 30.3. The quantitative estimate of drug-likeness (QED) is 0.183. The van der Waals surface area contributed by atoms with Gasteiger partial charge in [0.25, 0.3) is 0 Å². The summed E-state index contributed by atoms with van der Waals surface area (Å²) in [7, 11) is 0. The molecule has 2 heterocycles. The van der Waals surface area contributed by atoms with E-state index in [0.29, 0.717) is 0 Å². The van der Waals surface area contributed by atoms with E-state index in [4.69, 9.17) is 14.4 Å². The molecule has 9 aromatic rings. The van der Waals surface area contributed by atoms with Crippen molar-refractivity contribution in [1.82, 2.24) is 9.97 Å². The first-order valence-corrected chi connectivity index (χ1v) is 17.8. The Hall–Kier alpha value is -6.58. The predicted molar refractivity (Wildman–Crippen MR) is 214 cm³/mol. The summed E-state index contributed by atoms with van der Waals surface area (Å²) in [5.41, 5.74) is 16.7. The van der Waals surface area contributed by atoms with Crippen molar-refractivity contribution in [1.29, 1.82) is 0 Å². The van der Waals surface area contributed by atoms with Gasteiger partial charge in [-0.1, -0.05) is 153 Å². The molecule has 3 nitrogen and oxygen atoms in total. The number of para-hydroxylation sites is 1. The number of hydrogen-bond acceptors (Lipinski definition) is 3. The molecule has 0 radical (unpaired) electrons. The van der Waals surface area contributed by atoms with Crippen LogP contribution in [0, 0.1) is 0 Å². The maximum atomic E-state index is 6.05. The molecule has 0 saturated carbocycles. The maximum Gasteiger partial charge on any atom is 0.160 e. The summed E-state index contributed by atoms with van der Waals surface area (Å²) in [5, 5.41) is 2.28. The van der Waals surface area contributed by atoms with E-state index in [1.54, 1.807) is 0 Å². The molecule has 1 aliphatic carbocycles. The van der Waals surface area contributed by atoms with Gasteiger partial charge in [-0.15, -0.1) is 0 Å². The number of nitrogens with zero attached hydrogens (tertiary/aromatic N) is 2. The summed E-state index contributed by atoms with van der Waals surface area (Å²) in [6.45, 7) is 4.64. The van der Waals surface area contributed by atoms with Gasteiger partial charge in [-0.25, -0.2) is 9.97 Å². The van der Waals surface area contributed by atoms with Crippen molar-refractivity contribution in [3.63, 3.8) is 0 Å². The molecule has 0 N–H and O–H groups in total. The van der Waals surface area contributed by atoms with Gasteiger partial charge in [0.2, 0.25) is 0 Å². The monoisotopic (exact) mass is 666 g/mol. The largest absolute Gasteiger partial charge is 0.456 e. The highest BCUT2D eigenvalue weighted by atomic mass is 16.3. The van der Waals surface area contributed by atoms with Crippen LogP contribution in [-0.4, -0.2) is 9.97 Å². The summed E-state index contributed by atoms with van der Waals surface area (Å²) in [6, 6.07) is 60.1. The molecule has 0 unspecified atom stereocenters. The van der Waals surface area contributed by atoms with Crippen molar-refractivity contribution in [2.24, 2.45) is 0 Å². The van der Waals surface area contributed by atoms with Crippen LogP contribution in [0.25, 0.3) is 89.2 Å². The first-order chi connectivity index (χ1) is 25.5. The van der Waals surface area contributed by atoms with Gasteiger partial charge in [0, 0.05) is 32.9 Å². The zero-order valence-electron chi connectivity index (χ0n) is 29.0. The Kier molecular flexibility index (Phi) is 6.84. The molecule has 0 saturated heterocycles. The van der Waals surface area contributed by atoms with Crippen LogP contribution < -0.4 is 0 Å². The fourth-order valence-electron chi connectivity index (χ4n) is 7.92. The Labute approximate surface area is 302 Å². The van der Waals surface area contributed by atoms with Gasteiger partial charge in [0.15, 0.2) is 5.82 Å². The lowest BCUT2D eigenvalue weighted by Crippen LogP contribution is -2.14. The molecule has 1 aliphatic rings. The van der Waals surface area contributed by atoms with E-state index in [-0.39, 0.29) is 5.41 Å². The second-order valence-electron chi connectivity index (χ2n) is 14.2. The Balaban J connectivity index is 0.985. The van der Waals surface area contributed by atoms with Gasteiger partial charge in [-0.2, -0.15) is 0 Å². The molecule has 0 fully saturated rings. The number of fused-ring (bicyclic) bond motifs is 6. The fourth-order valence-corrected chi connectivity index (χ4v) is 7.92. The molecule has 52 heavy (non-hydrogen) atoms. The lowest BCUT2D eigenvalue weighted by atomic mass is 9.82. The molecule has 246 valence electrons. The fraction of sp³-hybridized carbons (Fsp3) is 0.0612. The molecule has 0 bridgehead atoms. The minimum absolute atomic E-state index is 0.0869. The third kappa shape index (κ3) is 4.97. The molecule has 7 aromatic carbocycles. The standard InChI is InChI=1S/C49H34N2O/c1-49(2)42-14-8-6-12-38(42)39-26-24-37(29-43(39)49)45-30-44(50-48(51-45)35-10-4-3-5-11-35)34-22-20-32(21-23-34)31-16-18-33(19-17-31)36-25-27-47-41(28-36)40-13-7-9-15-46(40)52-47/h3-30H,1-2H3. The Morgan fingerprint density at radius 1 is 0.385 bits per heavy atom. The summed E-state index contributed by atoms with van der Waals surface area (Å²) < 4.78 is 6.05. The van der Waals surface area contributed by atoms with Gasteiger partial charge in [0.1, 0.15) is 11.2 Å². The zero-order chi connectivity index (χ0) is 34.8. The zero-order valence-corrected chi connectivity index (χ0v) is 29.0. The van der Waals surface area contributed by atoms with Gasteiger partial charge < -0.3 is 4.42 Å². The number of hydrogen-bond donors (Lipinski definition) is 0. The second kappa shape index (κ2) is 11.8. The van der Waals surface area contributed by atoms with Crippen molar-refractivity contribution in [2.75, 3.05) is 0 Å². The van der Waals surface area contributed by atoms with Crippen LogP contribution in [0.3, 0.4) is 0 Å². The van der Waals surface area contributed by atoms with Gasteiger partial charge in [-0.05, 0) is 74.8 Å². The van der Waals surface area contributed by atoms with E-state index in [1.165, 1.54) is 38.9 Å². The van der Waals surface area contributed by atoms with Crippen molar-refractivity contribution < 1.29 is 4.42 Å². The van der Waals surface area contributed by atoms with Crippen molar-refractivity contribution >= 4 is 21.9 Å². The van der Waals surface area contributed by atoms with Crippen LogP contribution in [0.2, 0.25) is 0 Å². The van der Waals surface area contributed by atoms with Crippen LogP contribution in [0.1, 0.15) is 25.0 Å². The SMILES string of the molecule is CC1(C)c2ccccc2-c2ccc(-c3cc(-c4ccc(-c5ccc(-c6ccc7oc8ccccc8c7c6)cc5)cc4)nc(-c4ccccc4)n3)cc21. The van der Waals surface area contributed by atoms with Crippen LogP contribution in [0.4, 0.5) is 0 Å². The lowest BCUT2D eigenvalue weighted by molar-refractivity contribution is 0.660. The maximum absolute atomic E-state index is 6.05. The van der Waals surface area contributed by atoms with Gasteiger partial charge >= 0.3 is 0 Å². The average molecular weight is 667 g/mol. The molecule has 10 rings (SSSR count). The third-order valence-corrected chi connectivity index (χ3v) is 10.7. The smallest absolute Gasteiger partial charge is 0.160 e. The van der Waals surface area contributed by atoms with Crippen LogP contribution in [0.15, 0.2) is 174 Å². The Morgan fingerprint density at radius 3 is 1.71 bits per heavy atom. The molecule has 0 aliphatic heterocycles. The van der Waals surface area contributed by atoms with Crippen molar-refractivity contribution in [3.05, 3.63) is 181 Å². The average Bonchev–Trinajstić information content (AvgIpc) is 3.69. The topological polar surface area (TPSA) is 38.9 Å². The number of furan rings is 1. The van der Waals surface area contributed by atoms with Crippen LogP contribution in [0.5, 0.6) is 0 Å². The molecular weight excluding hydrogens is 633 g/mol. The molecule has 0 amide bonds. The molecule has 0 atom stereocenters. The summed E-state index contributed by atoms with van der Waals surface area (Å²) in [6.07, 6.45) is 0. The van der Waals surface area contributed by atoms with E-state index in [1.807, 2.05) is 30.3 Å². The predicted octanol–water partition coefficient (Wildman–Crippen LogP) is 13.0. The highest BCUT2D eigenvalue weighted by Gasteiger charge is 2.35. The van der Waals surface area contributed by atoms with E-state index in [0.717, 1.165) is 61.4 Å². The summed E-state index contributed by atoms with van der Waals surface area (Å²) in [5.74, 6) is 0.720. The van der Waals surface area contributed by atoms with E-state index in [9.17, 15) is 0 Å². The van der Waals surface area contributed by atoms with E-state index >= 15 is 0 Å². The molecule has 0 spiro atoms. The molecule has 2 aromatic heterocycles. The highest BCUT2D eigenvalue weighted by Crippen LogP contribution is 2.49. The minimum Gasteiger partial charge on any atom is -0.456 e. The first-order valence-electron chi connectivity index (χ1n) is 17.8. The van der Waals surface area contributed by atoms with Crippen molar-refractivity contribution in [2.45, 2.75) is 19.3 Å². The van der Waals surface area contributed by atoms with Gasteiger partial charge in [-0.3, -0.25) is 0 Å². The normalized spacial score (nSPS) is 13.0. The summed E-state index contributed by atoms with van der Waals surface area (Å²) >= 11 is 0. The van der Waals surface area contributed by atoms with Crippen LogP contribution in [-0.2, 0) is 5.41 Å². The Morgan fingerprint density at radius 2 is 0.942 bits per heavy atom. The number of rotatable bonds is 5. The van der Waals surface area contributed by atoms with Gasteiger partial charge in [0.05, 0.1) is 11.4 Å². The van der Waals surface area contributed by atoms with E-state index < -0.39 is 0 Å². The third-order valence-electron chi connectivity index (χ3n) is 10.7. The molecule has 3 heteroatoms. The number of aromatic nitrogens is 2. The van der Waals surface area contributed by atoms with Crippen LogP contribution >= 0.6 is 0 Å². The van der Waals surface area contributed by atoms with Crippen molar-refractivity contribution in [3.8, 4) is 67.3 Å². The van der Waals surface area contributed by atoms with E-state index in [2.05, 4.69) is 153 Å². The number of benzene rings is 7. The highest BCUT2D eigenvalue weighted by molar-refractivity contribution is 6.06. The minimum atomic E-state index is -0.0869. The Bertz CT molecular complexity index is 2790. The lowest BCUT2D eigenvalue weighted by Gasteiger charge is -2.22. The summed E-state index contributed by atoms with van der Waals surface area (Å²) in [4.78, 5) is 10.2.